The molecule has 0 radical (unpaired) electrons. The Morgan fingerprint density at radius 1 is 1.00 bits per heavy atom. The first kappa shape index (κ1) is 37.7. The van der Waals surface area contributed by atoms with Crippen molar-refractivity contribution >= 4 is 29.8 Å². The van der Waals surface area contributed by atoms with Crippen molar-refractivity contribution in [3.05, 3.63) is 23.8 Å². The zero-order valence-corrected chi connectivity index (χ0v) is 24.5. The van der Waals surface area contributed by atoms with Crippen molar-refractivity contribution in [1.29, 1.82) is 0 Å². The molecule has 0 bridgehead atoms. The molecular weight excluding hydrogens is 572 g/mol. The van der Waals surface area contributed by atoms with Crippen molar-refractivity contribution in [2.24, 2.45) is 23.7 Å². The molecule has 2 rings (SSSR count). The molecule has 2 aliphatic carbocycles. The lowest BCUT2D eigenvalue weighted by molar-refractivity contribution is -0.170. The number of rotatable bonds is 15. The SMILES string of the molecule is CCC(C)C(=O)O[C@H]1C[C@H](O)C=C2C=C[C@H](C)[C@H](CCC(O)CC(O)CC(=O)O)[C@H]21.O=C(O)CC(O)(CC(=O)O)C(=O)O. The van der Waals surface area contributed by atoms with E-state index in [1.807, 2.05) is 26.0 Å². The number of carboxylic acids is 4. The van der Waals surface area contributed by atoms with E-state index in [0.29, 0.717) is 25.7 Å². The first-order chi connectivity index (χ1) is 19.9. The van der Waals surface area contributed by atoms with Gasteiger partial charge in [-0.1, -0.05) is 39.0 Å². The third kappa shape index (κ3) is 12.4. The van der Waals surface area contributed by atoms with Crippen LogP contribution >= 0.6 is 0 Å². The van der Waals surface area contributed by atoms with E-state index in [-0.39, 0.29) is 42.5 Å². The lowest BCUT2D eigenvalue weighted by Crippen LogP contribution is -2.43. The molecule has 43 heavy (non-hydrogen) atoms. The predicted octanol–water partition coefficient (Wildman–Crippen LogP) is 1.19. The van der Waals surface area contributed by atoms with E-state index in [1.54, 1.807) is 0 Å². The second-order valence-corrected chi connectivity index (χ2v) is 11.4. The quantitative estimate of drug-likeness (QED) is 0.120. The number of esters is 1. The van der Waals surface area contributed by atoms with Crippen LogP contribution in [0.25, 0.3) is 0 Å². The number of carbonyl (C=O) groups is 5. The summed E-state index contributed by atoms with van der Waals surface area (Å²) in [6.45, 7) is 5.85. The average molecular weight is 617 g/mol. The highest BCUT2D eigenvalue weighted by atomic mass is 16.5. The summed E-state index contributed by atoms with van der Waals surface area (Å²) in [5, 5.41) is 72.9. The first-order valence-corrected chi connectivity index (χ1v) is 14.2. The van der Waals surface area contributed by atoms with Crippen LogP contribution in [-0.2, 0) is 28.7 Å². The van der Waals surface area contributed by atoms with Gasteiger partial charge in [0.2, 0.25) is 0 Å². The molecule has 0 saturated heterocycles. The molecule has 0 amide bonds. The highest BCUT2D eigenvalue weighted by Gasteiger charge is 2.42. The lowest BCUT2D eigenvalue weighted by atomic mass is 9.66. The molecule has 0 heterocycles. The predicted molar refractivity (Wildman–Crippen MR) is 149 cm³/mol. The number of hydrogen-bond acceptors (Lipinski definition) is 10. The summed E-state index contributed by atoms with van der Waals surface area (Å²) in [7, 11) is 0. The molecule has 0 aromatic carbocycles. The number of carbonyl (C=O) groups excluding carboxylic acids is 1. The van der Waals surface area contributed by atoms with Crippen molar-refractivity contribution in [1.82, 2.24) is 0 Å². The number of carboxylic acid groups (broad SMARTS) is 4. The van der Waals surface area contributed by atoms with Crippen LogP contribution in [0.4, 0.5) is 0 Å². The Hall–Kier alpha value is -3.33. The Balaban J connectivity index is 0.000000599. The second kappa shape index (κ2) is 17.1. The summed E-state index contributed by atoms with van der Waals surface area (Å²) in [5.41, 5.74) is -1.78. The largest absolute Gasteiger partial charge is 0.481 e. The molecule has 3 unspecified atom stereocenters. The van der Waals surface area contributed by atoms with Gasteiger partial charge in [0.1, 0.15) is 6.10 Å². The molecule has 8 N–H and O–H groups in total. The topological polar surface area (TPSA) is 256 Å². The van der Waals surface area contributed by atoms with Crippen molar-refractivity contribution < 1.29 is 69.6 Å². The minimum Gasteiger partial charge on any atom is -0.481 e. The molecule has 0 fully saturated rings. The van der Waals surface area contributed by atoms with Crippen LogP contribution < -0.4 is 0 Å². The normalized spacial score (nSPS) is 25.1. The number of aliphatic hydroxyl groups excluding tert-OH is 3. The molecule has 244 valence electrons. The third-order valence-corrected chi connectivity index (χ3v) is 7.73. The maximum Gasteiger partial charge on any atom is 0.336 e. The molecular formula is C29H44O14. The molecule has 14 heteroatoms. The van der Waals surface area contributed by atoms with E-state index in [9.17, 15) is 39.3 Å². The number of allylic oxidation sites excluding steroid dienone is 2. The van der Waals surface area contributed by atoms with E-state index in [0.717, 1.165) is 5.57 Å². The van der Waals surface area contributed by atoms with Gasteiger partial charge in [0.15, 0.2) is 5.60 Å². The standard InChI is InChI=1S/C23H36O7.C6H8O7/c1-4-13(2)23(29)30-20-11-17(25)9-15-6-5-14(3)19(22(15)20)8-7-16(24)10-18(26)12-21(27)28;7-3(8)1-6(13,5(11)12)2-4(9)10/h5-6,9,13-14,16-20,22,24-26H,4,7-8,10-12H2,1-3H3,(H,27,28);13H,1-2H2,(H,7,8)(H,9,10)(H,11,12)/t13?,14-,16?,17+,18?,19-,20-,22-;/m0./s1. The zero-order chi connectivity index (χ0) is 33.1. The Labute approximate surface area is 249 Å². The summed E-state index contributed by atoms with van der Waals surface area (Å²) < 4.78 is 5.84. The van der Waals surface area contributed by atoms with Crippen LogP contribution in [0.1, 0.15) is 72.1 Å². The van der Waals surface area contributed by atoms with E-state index >= 15 is 0 Å². The van der Waals surface area contributed by atoms with Gasteiger partial charge in [0.25, 0.3) is 0 Å². The lowest BCUT2D eigenvalue weighted by Gasteiger charge is -2.43. The van der Waals surface area contributed by atoms with Crippen molar-refractivity contribution in [2.45, 2.75) is 102 Å². The Morgan fingerprint density at radius 2 is 1.58 bits per heavy atom. The Kier molecular flexibility index (Phi) is 15.0. The third-order valence-electron chi connectivity index (χ3n) is 7.73. The van der Waals surface area contributed by atoms with Gasteiger partial charge in [0.05, 0.1) is 43.5 Å². The van der Waals surface area contributed by atoms with E-state index in [1.165, 1.54) is 0 Å². The maximum atomic E-state index is 12.4. The molecule has 0 spiro atoms. The molecule has 0 aliphatic heterocycles. The molecule has 2 aliphatic rings. The van der Waals surface area contributed by atoms with Gasteiger partial charge < -0.3 is 45.6 Å². The van der Waals surface area contributed by atoms with Gasteiger partial charge in [-0.25, -0.2) is 4.79 Å². The summed E-state index contributed by atoms with van der Waals surface area (Å²) >= 11 is 0. The second-order valence-electron chi connectivity index (χ2n) is 11.4. The maximum absolute atomic E-state index is 12.4. The molecule has 0 aromatic heterocycles. The van der Waals surface area contributed by atoms with Crippen LogP contribution in [0.3, 0.4) is 0 Å². The van der Waals surface area contributed by atoms with E-state index in [2.05, 4.69) is 13.0 Å². The summed E-state index contributed by atoms with van der Waals surface area (Å²) in [5.74, 6) is -6.33. The fraction of sp³-hybridized carbons (Fsp3) is 0.690. The van der Waals surface area contributed by atoms with E-state index in [4.69, 9.17) is 30.3 Å². The Morgan fingerprint density at radius 3 is 2.07 bits per heavy atom. The average Bonchev–Trinajstić information content (AvgIpc) is 2.86. The van der Waals surface area contributed by atoms with Crippen molar-refractivity contribution in [3.8, 4) is 0 Å². The van der Waals surface area contributed by atoms with Gasteiger partial charge in [-0.3, -0.25) is 19.2 Å². The van der Waals surface area contributed by atoms with Gasteiger partial charge in [0, 0.05) is 12.3 Å². The monoisotopic (exact) mass is 616 g/mol. The van der Waals surface area contributed by atoms with Crippen LogP contribution in [0.2, 0.25) is 0 Å². The smallest absolute Gasteiger partial charge is 0.336 e. The summed E-state index contributed by atoms with van der Waals surface area (Å²) in [4.78, 5) is 53.6. The summed E-state index contributed by atoms with van der Waals surface area (Å²) in [6.07, 6.45) is 2.35. The molecule has 0 saturated carbocycles. The number of aliphatic carboxylic acids is 4. The van der Waals surface area contributed by atoms with Gasteiger partial charge >= 0.3 is 29.8 Å². The minimum absolute atomic E-state index is 0.0156. The highest BCUT2D eigenvalue weighted by Crippen LogP contribution is 2.44. The number of fused-ring (bicyclic) bond motifs is 1. The molecule has 0 aromatic rings. The fourth-order valence-electron chi connectivity index (χ4n) is 5.23. The van der Waals surface area contributed by atoms with Crippen molar-refractivity contribution in [3.63, 3.8) is 0 Å². The van der Waals surface area contributed by atoms with Crippen LogP contribution in [0.15, 0.2) is 23.8 Å². The Bertz CT molecular complexity index is 1030. The number of ether oxygens (including phenoxy) is 1. The van der Waals surface area contributed by atoms with Gasteiger partial charge in [-0.05, 0) is 43.1 Å². The van der Waals surface area contributed by atoms with E-state index < -0.39 is 66.7 Å². The van der Waals surface area contributed by atoms with Crippen LogP contribution in [-0.4, -0.2) is 101 Å². The van der Waals surface area contributed by atoms with Gasteiger partial charge in [-0.2, -0.15) is 0 Å². The number of hydrogen-bond donors (Lipinski definition) is 8. The minimum atomic E-state index is -2.74. The number of aliphatic hydroxyl groups is 4. The summed E-state index contributed by atoms with van der Waals surface area (Å²) in [6, 6.07) is 0. The molecule has 14 nitrogen and oxygen atoms in total. The van der Waals surface area contributed by atoms with Gasteiger partial charge in [-0.15, -0.1) is 0 Å². The highest BCUT2D eigenvalue weighted by molar-refractivity contribution is 5.88. The first-order valence-electron chi connectivity index (χ1n) is 14.2. The van der Waals surface area contributed by atoms with Crippen LogP contribution in [0.5, 0.6) is 0 Å². The fourth-order valence-corrected chi connectivity index (χ4v) is 5.23. The van der Waals surface area contributed by atoms with Crippen LogP contribution in [0, 0.1) is 23.7 Å². The van der Waals surface area contributed by atoms with Crippen molar-refractivity contribution in [2.75, 3.05) is 0 Å². The zero-order valence-electron chi connectivity index (χ0n) is 24.5. The molecule has 8 atom stereocenters.